The van der Waals surface area contributed by atoms with Crippen LogP contribution in [-0.4, -0.2) is 37.5 Å². The van der Waals surface area contributed by atoms with Gasteiger partial charge in [0.15, 0.2) is 0 Å². The highest BCUT2D eigenvalue weighted by Crippen LogP contribution is 2.39. The molecule has 3 atom stereocenters. The lowest BCUT2D eigenvalue weighted by Crippen LogP contribution is -2.48. The maximum atomic E-state index is 12.6. The molecule has 2 aliphatic rings. The highest BCUT2D eigenvalue weighted by atomic mass is 16.2. The van der Waals surface area contributed by atoms with Crippen molar-refractivity contribution in [3.05, 3.63) is 0 Å². The predicted molar refractivity (Wildman–Crippen MR) is 74.3 cm³/mol. The summed E-state index contributed by atoms with van der Waals surface area (Å²) in [5.74, 6) is 2.38. The topological polar surface area (TPSA) is 32.3 Å². The van der Waals surface area contributed by atoms with E-state index in [1.807, 2.05) is 11.9 Å². The first-order chi connectivity index (χ1) is 8.43. The van der Waals surface area contributed by atoms with Gasteiger partial charge in [0.1, 0.15) is 0 Å². The van der Waals surface area contributed by atoms with Gasteiger partial charge in [-0.2, -0.15) is 0 Å². The normalized spacial score (nSPS) is 32.1. The molecule has 0 spiro atoms. The van der Waals surface area contributed by atoms with Crippen molar-refractivity contribution in [2.45, 2.75) is 40.0 Å². The summed E-state index contributed by atoms with van der Waals surface area (Å²) in [6.07, 6.45) is 3.67. The molecule has 3 unspecified atom stereocenters. The van der Waals surface area contributed by atoms with Crippen LogP contribution < -0.4 is 5.32 Å². The lowest BCUT2D eigenvalue weighted by atomic mass is 9.74. The third-order valence-electron chi connectivity index (χ3n) is 5.00. The van der Waals surface area contributed by atoms with Crippen LogP contribution in [0.4, 0.5) is 0 Å². The SMILES string of the molecule is CC1CC1CN(C)C(=O)C(C)(C)C1CCCNC1. The van der Waals surface area contributed by atoms with E-state index < -0.39 is 0 Å². The van der Waals surface area contributed by atoms with E-state index in [1.165, 1.54) is 19.3 Å². The largest absolute Gasteiger partial charge is 0.345 e. The van der Waals surface area contributed by atoms with Gasteiger partial charge in [-0.1, -0.05) is 20.8 Å². The van der Waals surface area contributed by atoms with Gasteiger partial charge in [-0.3, -0.25) is 4.79 Å². The monoisotopic (exact) mass is 252 g/mol. The van der Waals surface area contributed by atoms with E-state index in [0.717, 1.165) is 31.5 Å². The third kappa shape index (κ3) is 2.87. The smallest absolute Gasteiger partial charge is 0.228 e. The Morgan fingerprint density at radius 1 is 1.44 bits per heavy atom. The Balaban J connectivity index is 1.92. The van der Waals surface area contributed by atoms with Crippen molar-refractivity contribution in [2.24, 2.45) is 23.2 Å². The molecule has 0 bridgehead atoms. The summed E-state index contributed by atoms with van der Waals surface area (Å²) in [5.41, 5.74) is -0.222. The highest BCUT2D eigenvalue weighted by molar-refractivity contribution is 5.82. The molecule has 3 heteroatoms. The standard InChI is InChI=1S/C15H28N2O/c1-11-8-12(11)10-17(4)14(18)15(2,3)13-6-5-7-16-9-13/h11-13,16H,5-10H2,1-4H3. The average Bonchev–Trinajstić information content (AvgIpc) is 3.04. The maximum absolute atomic E-state index is 12.6. The molecule has 3 nitrogen and oxygen atoms in total. The van der Waals surface area contributed by atoms with Crippen molar-refractivity contribution in [3.63, 3.8) is 0 Å². The first-order valence-electron chi connectivity index (χ1n) is 7.39. The molecule has 2 rings (SSSR count). The van der Waals surface area contributed by atoms with Crippen LogP contribution in [-0.2, 0) is 4.79 Å². The van der Waals surface area contributed by atoms with Gasteiger partial charge in [-0.25, -0.2) is 0 Å². The van der Waals surface area contributed by atoms with Crippen molar-refractivity contribution < 1.29 is 4.79 Å². The predicted octanol–water partition coefficient (Wildman–Crippen LogP) is 2.13. The zero-order valence-electron chi connectivity index (χ0n) is 12.3. The van der Waals surface area contributed by atoms with Crippen LogP contribution in [0.1, 0.15) is 40.0 Å². The molecule has 2 fully saturated rings. The van der Waals surface area contributed by atoms with Crippen molar-refractivity contribution in [1.29, 1.82) is 0 Å². The van der Waals surface area contributed by atoms with E-state index >= 15 is 0 Å². The fourth-order valence-corrected chi connectivity index (χ4v) is 3.22. The molecule has 1 heterocycles. The number of carbonyl (C=O) groups excluding carboxylic acids is 1. The van der Waals surface area contributed by atoms with Crippen molar-refractivity contribution in [1.82, 2.24) is 10.2 Å². The van der Waals surface area contributed by atoms with Crippen LogP contribution in [0.3, 0.4) is 0 Å². The van der Waals surface area contributed by atoms with Crippen LogP contribution in [0.15, 0.2) is 0 Å². The van der Waals surface area contributed by atoms with Gasteiger partial charge in [-0.05, 0) is 50.1 Å². The number of hydrogen-bond donors (Lipinski definition) is 1. The average molecular weight is 252 g/mol. The summed E-state index contributed by atoms with van der Waals surface area (Å²) in [7, 11) is 1.98. The summed E-state index contributed by atoms with van der Waals surface area (Å²) in [5, 5.41) is 3.42. The van der Waals surface area contributed by atoms with Gasteiger partial charge < -0.3 is 10.2 Å². The molecule has 18 heavy (non-hydrogen) atoms. The second-order valence-corrected chi connectivity index (χ2v) is 6.92. The maximum Gasteiger partial charge on any atom is 0.228 e. The molecule has 0 aromatic heterocycles. The van der Waals surface area contributed by atoms with E-state index in [2.05, 4.69) is 26.1 Å². The summed E-state index contributed by atoms with van der Waals surface area (Å²) in [4.78, 5) is 14.6. The molecular weight excluding hydrogens is 224 g/mol. The fraction of sp³-hybridized carbons (Fsp3) is 0.933. The number of rotatable bonds is 4. The third-order valence-corrected chi connectivity index (χ3v) is 5.00. The second-order valence-electron chi connectivity index (χ2n) is 6.92. The van der Waals surface area contributed by atoms with Crippen molar-refractivity contribution >= 4 is 5.91 Å². The van der Waals surface area contributed by atoms with Crippen LogP contribution in [0.25, 0.3) is 0 Å². The molecule has 1 saturated carbocycles. The van der Waals surface area contributed by atoms with E-state index in [-0.39, 0.29) is 5.41 Å². The number of nitrogens with zero attached hydrogens (tertiary/aromatic N) is 1. The number of piperidine rings is 1. The van der Waals surface area contributed by atoms with E-state index in [0.29, 0.717) is 11.8 Å². The molecule has 0 aromatic carbocycles. The van der Waals surface area contributed by atoms with Gasteiger partial charge in [0.05, 0.1) is 0 Å². The Morgan fingerprint density at radius 3 is 2.61 bits per heavy atom. The zero-order chi connectivity index (χ0) is 13.3. The molecular formula is C15H28N2O. The van der Waals surface area contributed by atoms with E-state index in [9.17, 15) is 4.79 Å². The van der Waals surface area contributed by atoms with Gasteiger partial charge >= 0.3 is 0 Å². The summed E-state index contributed by atoms with van der Waals surface area (Å²) in [6.45, 7) is 9.57. The Kier molecular flexibility index (Phi) is 4.00. The Hall–Kier alpha value is -0.570. The first kappa shape index (κ1) is 13.9. The van der Waals surface area contributed by atoms with Gasteiger partial charge in [-0.15, -0.1) is 0 Å². The summed E-state index contributed by atoms with van der Waals surface area (Å²) in [6, 6.07) is 0. The molecule has 1 saturated heterocycles. The van der Waals surface area contributed by atoms with Crippen LogP contribution in [0.5, 0.6) is 0 Å². The molecule has 1 N–H and O–H groups in total. The minimum atomic E-state index is -0.222. The number of carbonyl (C=O) groups is 1. The van der Waals surface area contributed by atoms with Gasteiger partial charge in [0, 0.05) is 19.0 Å². The van der Waals surface area contributed by atoms with Gasteiger partial charge in [0.2, 0.25) is 5.91 Å². The number of nitrogens with one attached hydrogen (secondary N) is 1. The number of hydrogen-bond acceptors (Lipinski definition) is 2. The van der Waals surface area contributed by atoms with Crippen molar-refractivity contribution in [3.8, 4) is 0 Å². The van der Waals surface area contributed by atoms with E-state index in [1.54, 1.807) is 0 Å². The Labute approximate surface area is 111 Å². The molecule has 0 aromatic rings. The van der Waals surface area contributed by atoms with Crippen LogP contribution >= 0.6 is 0 Å². The quantitative estimate of drug-likeness (QED) is 0.831. The van der Waals surface area contributed by atoms with Gasteiger partial charge in [0.25, 0.3) is 0 Å². The molecule has 1 aliphatic heterocycles. The molecule has 1 amide bonds. The molecule has 1 aliphatic carbocycles. The summed E-state index contributed by atoms with van der Waals surface area (Å²) < 4.78 is 0. The van der Waals surface area contributed by atoms with Crippen LogP contribution in [0, 0.1) is 23.2 Å². The Morgan fingerprint density at radius 2 is 2.11 bits per heavy atom. The fourth-order valence-electron chi connectivity index (χ4n) is 3.22. The number of amides is 1. The minimum Gasteiger partial charge on any atom is -0.345 e. The second kappa shape index (κ2) is 5.20. The molecule has 0 radical (unpaired) electrons. The lowest BCUT2D eigenvalue weighted by Gasteiger charge is -2.38. The zero-order valence-corrected chi connectivity index (χ0v) is 12.3. The van der Waals surface area contributed by atoms with E-state index in [4.69, 9.17) is 0 Å². The van der Waals surface area contributed by atoms with Crippen molar-refractivity contribution in [2.75, 3.05) is 26.7 Å². The lowest BCUT2D eigenvalue weighted by molar-refractivity contribution is -0.142. The van der Waals surface area contributed by atoms with Crippen LogP contribution in [0.2, 0.25) is 0 Å². The Bertz CT molecular complexity index is 308. The highest BCUT2D eigenvalue weighted by Gasteiger charge is 2.41. The minimum absolute atomic E-state index is 0.222. The molecule has 104 valence electrons. The first-order valence-corrected chi connectivity index (χ1v) is 7.39. The summed E-state index contributed by atoms with van der Waals surface area (Å²) >= 11 is 0.